The summed E-state index contributed by atoms with van der Waals surface area (Å²) in [4.78, 5) is 39.3. The maximum atomic E-state index is 12.8. The first kappa shape index (κ1) is 20.2. The van der Waals surface area contributed by atoms with Gasteiger partial charge in [-0.2, -0.15) is 0 Å². The van der Waals surface area contributed by atoms with E-state index in [2.05, 4.69) is 16.6 Å². The van der Waals surface area contributed by atoms with Gasteiger partial charge in [0.2, 0.25) is 11.8 Å². The van der Waals surface area contributed by atoms with Crippen LogP contribution >= 0.6 is 0 Å². The van der Waals surface area contributed by atoms with Gasteiger partial charge in [0.25, 0.3) is 5.91 Å². The summed E-state index contributed by atoms with van der Waals surface area (Å²) in [6, 6.07) is 12.5. The number of anilines is 2. The fraction of sp³-hybridized carbons (Fsp3) is 0.261. The molecule has 2 N–H and O–H groups in total. The van der Waals surface area contributed by atoms with Crippen molar-refractivity contribution in [2.24, 2.45) is 5.92 Å². The number of carbonyl (C=O) groups is 3. The third-order valence-electron chi connectivity index (χ3n) is 5.14. The SMILES string of the molecule is C#CCNC(=O)c1ccccc1NC(=O)C1CC(=O)N(c2cccc(C)c2C)C1. The molecule has 2 aromatic rings. The summed E-state index contributed by atoms with van der Waals surface area (Å²) >= 11 is 0. The summed E-state index contributed by atoms with van der Waals surface area (Å²) in [6.07, 6.45) is 5.31. The molecule has 0 aromatic heterocycles. The number of hydrogen-bond donors (Lipinski definition) is 2. The number of para-hydroxylation sites is 1. The second-order valence-corrected chi connectivity index (χ2v) is 7.05. The minimum atomic E-state index is -0.496. The van der Waals surface area contributed by atoms with Crippen molar-refractivity contribution in [2.45, 2.75) is 20.3 Å². The van der Waals surface area contributed by atoms with E-state index < -0.39 is 5.92 Å². The third kappa shape index (κ3) is 4.30. The van der Waals surface area contributed by atoms with E-state index >= 15 is 0 Å². The molecule has 0 saturated carbocycles. The average molecular weight is 389 g/mol. The van der Waals surface area contributed by atoms with Gasteiger partial charge in [-0.3, -0.25) is 14.4 Å². The van der Waals surface area contributed by atoms with E-state index in [1.807, 2.05) is 32.0 Å². The van der Waals surface area contributed by atoms with Crippen LogP contribution in [0.4, 0.5) is 11.4 Å². The van der Waals surface area contributed by atoms with Gasteiger partial charge in [0.1, 0.15) is 0 Å². The Balaban J connectivity index is 1.75. The van der Waals surface area contributed by atoms with Gasteiger partial charge in [-0.15, -0.1) is 6.42 Å². The molecule has 0 bridgehead atoms. The monoisotopic (exact) mass is 389 g/mol. The second kappa shape index (κ2) is 8.61. The number of nitrogens with one attached hydrogen (secondary N) is 2. The highest BCUT2D eigenvalue weighted by atomic mass is 16.2. The Morgan fingerprint density at radius 3 is 2.69 bits per heavy atom. The lowest BCUT2D eigenvalue weighted by molar-refractivity contribution is -0.122. The van der Waals surface area contributed by atoms with Crippen LogP contribution < -0.4 is 15.5 Å². The zero-order chi connectivity index (χ0) is 21.0. The van der Waals surface area contributed by atoms with Crippen molar-refractivity contribution in [3.8, 4) is 12.3 Å². The molecule has 1 aliphatic heterocycles. The fourth-order valence-electron chi connectivity index (χ4n) is 3.40. The molecule has 6 nitrogen and oxygen atoms in total. The van der Waals surface area contributed by atoms with E-state index in [9.17, 15) is 14.4 Å². The highest BCUT2D eigenvalue weighted by Crippen LogP contribution is 2.30. The summed E-state index contributed by atoms with van der Waals surface area (Å²) in [5.41, 5.74) is 3.67. The van der Waals surface area contributed by atoms with Crippen LogP contribution in [0.3, 0.4) is 0 Å². The summed E-state index contributed by atoms with van der Waals surface area (Å²) < 4.78 is 0. The van der Waals surface area contributed by atoms with E-state index in [0.29, 0.717) is 17.8 Å². The summed E-state index contributed by atoms with van der Waals surface area (Å²) in [7, 11) is 0. The largest absolute Gasteiger partial charge is 0.341 e. The van der Waals surface area contributed by atoms with Crippen molar-refractivity contribution < 1.29 is 14.4 Å². The van der Waals surface area contributed by atoms with Gasteiger partial charge >= 0.3 is 0 Å². The van der Waals surface area contributed by atoms with Crippen molar-refractivity contribution in [1.82, 2.24) is 5.32 Å². The summed E-state index contributed by atoms with van der Waals surface area (Å²) in [5.74, 6) is 1.11. The Bertz CT molecular complexity index is 1010. The molecular weight excluding hydrogens is 366 g/mol. The molecule has 6 heteroatoms. The highest BCUT2D eigenvalue weighted by Gasteiger charge is 2.36. The number of amides is 3. The zero-order valence-electron chi connectivity index (χ0n) is 16.5. The lowest BCUT2D eigenvalue weighted by atomic mass is 10.1. The lowest BCUT2D eigenvalue weighted by Crippen LogP contribution is -2.30. The Hall–Kier alpha value is -3.59. The van der Waals surface area contributed by atoms with Crippen LogP contribution in [0.25, 0.3) is 0 Å². The molecule has 1 atom stereocenters. The maximum absolute atomic E-state index is 12.8. The minimum absolute atomic E-state index is 0.0844. The van der Waals surface area contributed by atoms with Gasteiger partial charge in [0.15, 0.2) is 0 Å². The first-order valence-corrected chi connectivity index (χ1v) is 9.40. The number of carbonyl (C=O) groups excluding carboxylic acids is 3. The van der Waals surface area contributed by atoms with Crippen molar-refractivity contribution in [2.75, 3.05) is 23.3 Å². The number of hydrogen-bond acceptors (Lipinski definition) is 3. The first-order chi connectivity index (χ1) is 13.9. The Morgan fingerprint density at radius 2 is 1.93 bits per heavy atom. The van der Waals surface area contributed by atoms with Crippen molar-refractivity contribution in [3.05, 3.63) is 59.2 Å². The van der Waals surface area contributed by atoms with E-state index in [1.165, 1.54) is 0 Å². The molecule has 2 aromatic carbocycles. The molecule has 0 spiro atoms. The average Bonchev–Trinajstić information content (AvgIpc) is 3.10. The second-order valence-electron chi connectivity index (χ2n) is 7.05. The third-order valence-corrected chi connectivity index (χ3v) is 5.14. The van der Waals surface area contributed by atoms with Crippen LogP contribution in [0, 0.1) is 32.1 Å². The summed E-state index contributed by atoms with van der Waals surface area (Å²) in [6.45, 7) is 4.37. The van der Waals surface area contributed by atoms with Gasteiger partial charge in [0, 0.05) is 18.7 Å². The normalized spacial score (nSPS) is 15.7. The fourth-order valence-corrected chi connectivity index (χ4v) is 3.40. The van der Waals surface area contributed by atoms with Crippen molar-refractivity contribution in [1.29, 1.82) is 0 Å². The molecule has 3 amide bonds. The number of terminal acetylenes is 1. The Labute approximate surface area is 170 Å². The van der Waals surface area contributed by atoms with Crippen molar-refractivity contribution in [3.63, 3.8) is 0 Å². The topological polar surface area (TPSA) is 78.5 Å². The molecule has 0 radical (unpaired) electrons. The minimum Gasteiger partial charge on any atom is -0.341 e. The first-order valence-electron chi connectivity index (χ1n) is 9.40. The summed E-state index contributed by atoms with van der Waals surface area (Å²) in [5, 5.41) is 5.39. The molecule has 0 aliphatic carbocycles. The molecule has 1 unspecified atom stereocenters. The van der Waals surface area contributed by atoms with Crippen molar-refractivity contribution >= 4 is 29.1 Å². The van der Waals surface area contributed by atoms with Gasteiger partial charge < -0.3 is 15.5 Å². The van der Waals surface area contributed by atoms with Gasteiger partial charge in [-0.1, -0.05) is 30.2 Å². The Morgan fingerprint density at radius 1 is 1.17 bits per heavy atom. The van der Waals surface area contributed by atoms with E-state index in [-0.39, 0.29) is 30.7 Å². The standard InChI is InChI=1S/C23H23N3O3/c1-4-12-24-23(29)18-9-5-6-10-19(18)25-22(28)17-13-21(27)26(14-17)20-11-7-8-15(2)16(20)3/h1,5-11,17H,12-14H2,2-3H3,(H,24,29)(H,25,28). The van der Waals surface area contributed by atoms with Gasteiger partial charge in [-0.25, -0.2) is 0 Å². The van der Waals surface area contributed by atoms with Crippen LogP contribution in [-0.4, -0.2) is 30.8 Å². The van der Waals surface area contributed by atoms with Crippen LogP contribution in [0.1, 0.15) is 27.9 Å². The molecule has 1 fully saturated rings. The van der Waals surface area contributed by atoms with E-state index in [0.717, 1.165) is 16.8 Å². The Kier molecular flexibility index (Phi) is 5.99. The molecule has 3 rings (SSSR count). The van der Waals surface area contributed by atoms with E-state index in [4.69, 9.17) is 6.42 Å². The van der Waals surface area contributed by atoms with Crippen LogP contribution in [0.5, 0.6) is 0 Å². The zero-order valence-corrected chi connectivity index (χ0v) is 16.5. The number of benzene rings is 2. The van der Waals surface area contributed by atoms with Crippen LogP contribution in [-0.2, 0) is 9.59 Å². The molecule has 1 heterocycles. The van der Waals surface area contributed by atoms with Gasteiger partial charge in [0.05, 0.1) is 23.7 Å². The number of aryl methyl sites for hydroxylation is 1. The smallest absolute Gasteiger partial charge is 0.254 e. The van der Waals surface area contributed by atoms with Crippen LogP contribution in [0.2, 0.25) is 0 Å². The predicted molar refractivity (Wildman–Crippen MR) is 113 cm³/mol. The highest BCUT2D eigenvalue weighted by molar-refractivity contribution is 6.07. The number of nitrogens with zero attached hydrogens (tertiary/aromatic N) is 1. The van der Waals surface area contributed by atoms with E-state index in [1.54, 1.807) is 29.2 Å². The molecular formula is C23H23N3O3. The van der Waals surface area contributed by atoms with Gasteiger partial charge in [-0.05, 0) is 43.2 Å². The van der Waals surface area contributed by atoms with Crippen LogP contribution in [0.15, 0.2) is 42.5 Å². The molecule has 1 aliphatic rings. The predicted octanol–water partition coefficient (Wildman–Crippen LogP) is 2.66. The molecule has 1 saturated heterocycles. The lowest BCUT2D eigenvalue weighted by Gasteiger charge is -2.20. The molecule has 29 heavy (non-hydrogen) atoms. The quantitative estimate of drug-likeness (QED) is 0.772. The maximum Gasteiger partial charge on any atom is 0.254 e. The molecule has 148 valence electrons. The number of rotatable bonds is 5.